The predicted octanol–water partition coefficient (Wildman–Crippen LogP) is 3.95. The summed E-state index contributed by atoms with van der Waals surface area (Å²) in [6.07, 6.45) is 5.61. The van der Waals surface area contributed by atoms with Crippen molar-refractivity contribution in [1.29, 1.82) is 0 Å². The normalized spacial score (nSPS) is 31.2. The van der Waals surface area contributed by atoms with Gasteiger partial charge in [0.2, 0.25) is 17.7 Å². The van der Waals surface area contributed by atoms with Crippen LogP contribution >= 0.6 is 11.6 Å². The summed E-state index contributed by atoms with van der Waals surface area (Å²) in [6.45, 7) is 0. The van der Waals surface area contributed by atoms with E-state index in [0.29, 0.717) is 28.3 Å². The third-order valence-electron chi connectivity index (χ3n) is 8.00. The smallest absolute Gasteiger partial charge is 0.248 e. The number of nitrogens with one attached hydrogen (secondary N) is 1. The number of benzene rings is 2. The SMILES string of the molecule is COc1ccc(Cl)cc1NC(=O)[C@H](Cc1ccccc1)N1C(=O)[C@H]2[C@@H]3C=C[C@H]([C@H]4C[C@H]34)[C@@H]2C1=O. The Labute approximate surface area is 202 Å². The van der Waals surface area contributed by atoms with Crippen molar-refractivity contribution in [3.05, 3.63) is 71.3 Å². The number of methoxy groups -OCH3 is 1. The fourth-order valence-electron chi connectivity index (χ4n) is 6.42. The number of hydrogen-bond donors (Lipinski definition) is 1. The summed E-state index contributed by atoms with van der Waals surface area (Å²) in [4.78, 5) is 42.3. The number of rotatable bonds is 6. The van der Waals surface area contributed by atoms with Crippen molar-refractivity contribution >= 4 is 35.0 Å². The summed E-state index contributed by atoms with van der Waals surface area (Å²) < 4.78 is 5.37. The molecule has 2 bridgehead atoms. The molecular formula is C27H25ClN2O4. The van der Waals surface area contributed by atoms with Gasteiger partial charge in [-0.3, -0.25) is 19.3 Å². The molecule has 2 aromatic rings. The van der Waals surface area contributed by atoms with E-state index in [-0.39, 0.29) is 41.9 Å². The molecule has 1 saturated heterocycles. The van der Waals surface area contributed by atoms with Crippen molar-refractivity contribution in [3.63, 3.8) is 0 Å². The molecule has 1 heterocycles. The highest BCUT2D eigenvalue weighted by Crippen LogP contribution is 2.65. The number of likely N-dealkylation sites (tertiary alicyclic amines) is 1. The lowest BCUT2D eigenvalue weighted by molar-refractivity contribution is -0.146. The number of ether oxygens (including phenoxy) is 1. The van der Waals surface area contributed by atoms with E-state index in [4.69, 9.17) is 16.3 Å². The molecule has 4 aliphatic carbocycles. The van der Waals surface area contributed by atoms with E-state index in [9.17, 15) is 14.4 Å². The average molecular weight is 477 g/mol. The maximum Gasteiger partial charge on any atom is 0.248 e. The standard InChI is InChI=1S/C27H25ClN2O4/c1-34-22-10-7-15(28)12-20(22)29-25(31)21(11-14-5-3-2-4-6-14)30-26(32)23-16-8-9-17(19-13-18(16)19)24(23)27(30)33/h2-10,12,16-19,21,23-24H,11,13H2,1H3,(H,29,31)/t16-,17-,18-,19-,21+,23+,24+/m1/s1. The minimum atomic E-state index is -0.965. The number of halogens is 1. The van der Waals surface area contributed by atoms with Crippen molar-refractivity contribution in [2.45, 2.75) is 18.9 Å². The van der Waals surface area contributed by atoms with Gasteiger partial charge >= 0.3 is 0 Å². The van der Waals surface area contributed by atoms with E-state index in [2.05, 4.69) is 17.5 Å². The van der Waals surface area contributed by atoms with Crippen LogP contribution in [0.25, 0.3) is 0 Å². The first kappa shape index (κ1) is 21.4. The topological polar surface area (TPSA) is 75.7 Å². The van der Waals surface area contributed by atoms with Gasteiger partial charge in [0.15, 0.2) is 0 Å². The molecule has 2 saturated carbocycles. The summed E-state index contributed by atoms with van der Waals surface area (Å²) in [5, 5.41) is 3.31. The largest absolute Gasteiger partial charge is 0.495 e. The van der Waals surface area contributed by atoms with E-state index in [1.807, 2.05) is 30.3 Å². The van der Waals surface area contributed by atoms with Crippen LogP contribution < -0.4 is 10.1 Å². The van der Waals surface area contributed by atoms with Gasteiger partial charge in [-0.2, -0.15) is 0 Å². The van der Waals surface area contributed by atoms with Crippen molar-refractivity contribution in [1.82, 2.24) is 4.90 Å². The van der Waals surface area contributed by atoms with Gasteiger partial charge in [0.1, 0.15) is 11.8 Å². The number of hydrogen-bond acceptors (Lipinski definition) is 4. The lowest BCUT2D eigenvalue weighted by Gasteiger charge is -2.37. The first-order valence-corrected chi connectivity index (χ1v) is 12.1. The van der Waals surface area contributed by atoms with Gasteiger partial charge in [0, 0.05) is 11.4 Å². The third kappa shape index (κ3) is 3.27. The van der Waals surface area contributed by atoms with Gasteiger partial charge in [0.05, 0.1) is 24.6 Å². The molecule has 6 nitrogen and oxygen atoms in total. The summed E-state index contributed by atoms with van der Waals surface area (Å²) in [7, 11) is 1.51. The van der Waals surface area contributed by atoms with Crippen LogP contribution in [0.15, 0.2) is 60.7 Å². The molecule has 0 aromatic heterocycles. The second kappa shape index (κ2) is 7.98. The summed E-state index contributed by atoms with van der Waals surface area (Å²) in [5.41, 5.74) is 1.28. The molecule has 7 atom stereocenters. The number of allylic oxidation sites excluding steroid dienone is 2. The van der Waals surface area contributed by atoms with E-state index in [0.717, 1.165) is 12.0 Å². The van der Waals surface area contributed by atoms with Gasteiger partial charge in [-0.25, -0.2) is 0 Å². The van der Waals surface area contributed by atoms with Gasteiger partial charge < -0.3 is 10.1 Å². The molecule has 0 unspecified atom stereocenters. The minimum absolute atomic E-state index is 0.106. The zero-order valence-corrected chi connectivity index (χ0v) is 19.4. The van der Waals surface area contributed by atoms with Gasteiger partial charge in [-0.05, 0) is 53.9 Å². The van der Waals surface area contributed by atoms with Crippen LogP contribution in [0.1, 0.15) is 12.0 Å². The Bertz CT molecular complexity index is 1180. The summed E-state index contributed by atoms with van der Waals surface area (Å²) in [6, 6.07) is 13.4. The van der Waals surface area contributed by atoms with Crippen molar-refractivity contribution in [3.8, 4) is 5.75 Å². The number of anilines is 1. The second-order valence-corrected chi connectivity index (χ2v) is 10.2. The van der Waals surface area contributed by atoms with E-state index >= 15 is 0 Å². The fraction of sp³-hybridized carbons (Fsp3) is 0.370. The minimum Gasteiger partial charge on any atom is -0.495 e. The zero-order chi connectivity index (χ0) is 23.6. The molecule has 1 N–H and O–H groups in total. The van der Waals surface area contributed by atoms with Crippen molar-refractivity contribution in [2.24, 2.45) is 35.5 Å². The third-order valence-corrected chi connectivity index (χ3v) is 8.24. The Morgan fingerprint density at radius 1 is 1.06 bits per heavy atom. The lowest BCUT2D eigenvalue weighted by atomic mass is 9.63. The van der Waals surface area contributed by atoms with E-state index in [1.54, 1.807) is 18.2 Å². The van der Waals surface area contributed by atoms with Gasteiger partial charge in [-0.1, -0.05) is 54.1 Å². The molecule has 34 heavy (non-hydrogen) atoms. The number of amides is 3. The molecule has 5 aliphatic rings. The first-order valence-electron chi connectivity index (χ1n) is 11.7. The Morgan fingerprint density at radius 2 is 1.71 bits per heavy atom. The monoisotopic (exact) mass is 476 g/mol. The number of nitrogens with zero attached hydrogens (tertiary/aromatic N) is 1. The second-order valence-electron chi connectivity index (χ2n) is 9.74. The lowest BCUT2D eigenvalue weighted by Crippen LogP contribution is -2.49. The zero-order valence-electron chi connectivity index (χ0n) is 18.7. The van der Waals surface area contributed by atoms with Crippen LogP contribution in [0.2, 0.25) is 5.02 Å². The fourth-order valence-corrected chi connectivity index (χ4v) is 6.59. The highest BCUT2D eigenvalue weighted by molar-refractivity contribution is 6.31. The predicted molar refractivity (Wildman–Crippen MR) is 127 cm³/mol. The maximum absolute atomic E-state index is 13.7. The molecule has 7 heteroatoms. The Balaban J connectivity index is 1.34. The summed E-state index contributed by atoms with van der Waals surface area (Å²) in [5.74, 6) is 0.111. The average Bonchev–Trinajstić information content (AvgIpc) is 3.62. The molecule has 2 aromatic carbocycles. The van der Waals surface area contributed by atoms with Crippen molar-refractivity contribution < 1.29 is 19.1 Å². The quantitative estimate of drug-likeness (QED) is 0.506. The Hall–Kier alpha value is -3.12. The van der Waals surface area contributed by atoms with Crippen LogP contribution in [0.5, 0.6) is 5.75 Å². The maximum atomic E-state index is 13.7. The molecule has 7 rings (SSSR count). The highest BCUT2D eigenvalue weighted by Gasteiger charge is 2.67. The van der Waals surface area contributed by atoms with Crippen molar-refractivity contribution in [2.75, 3.05) is 12.4 Å². The van der Waals surface area contributed by atoms with Crippen LogP contribution in [0.3, 0.4) is 0 Å². The van der Waals surface area contributed by atoms with Crippen LogP contribution in [0, 0.1) is 35.5 Å². The van der Waals surface area contributed by atoms with Crippen LogP contribution in [0.4, 0.5) is 5.69 Å². The van der Waals surface area contributed by atoms with Gasteiger partial charge in [0.25, 0.3) is 0 Å². The number of carbonyl (C=O) groups is 3. The van der Waals surface area contributed by atoms with E-state index in [1.165, 1.54) is 12.0 Å². The first-order chi connectivity index (χ1) is 16.5. The molecule has 0 spiro atoms. The number of imide groups is 1. The molecule has 3 amide bonds. The van der Waals surface area contributed by atoms with Gasteiger partial charge in [-0.15, -0.1) is 0 Å². The van der Waals surface area contributed by atoms with Crippen LogP contribution in [-0.4, -0.2) is 35.8 Å². The molecule has 1 aliphatic heterocycles. The Morgan fingerprint density at radius 3 is 2.32 bits per heavy atom. The molecule has 174 valence electrons. The summed E-state index contributed by atoms with van der Waals surface area (Å²) >= 11 is 6.15. The molecular weight excluding hydrogens is 452 g/mol. The molecule has 0 radical (unpaired) electrons. The Kier molecular flexibility index (Phi) is 5.03. The van der Waals surface area contributed by atoms with Crippen LogP contribution in [-0.2, 0) is 20.8 Å². The number of carbonyl (C=O) groups excluding carboxylic acids is 3. The molecule has 3 fully saturated rings. The highest BCUT2D eigenvalue weighted by atomic mass is 35.5. The van der Waals surface area contributed by atoms with E-state index < -0.39 is 11.9 Å².